The van der Waals surface area contributed by atoms with Crippen molar-refractivity contribution in [2.24, 2.45) is 0 Å². The fourth-order valence-corrected chi connectivity index (χ4v) is 1.77. The third kappa shape index (κ3) is 4.27. The maximum absolute atomic E-state index is 10.9. The zero-order valence-corrected chi connectivity index (χ0v) is 10.0. The number of ether oxygens (including phenoxy) is 3. The minimum absolute atomic E-state index is 0.0260. The average molecular weight is 247 g/mol. The quantitative estimate of drug-likeness (QED) is 0.391. The van der Waals surface area contributed by atoms with Gasteiger partial charge >= 0.3 is 5.97 Å². The van der Waals surface area contributed by atoms with Gasteiger partial charge in [0.15, 0.2) is 5.79 Å². The van der Waals surface area contributed by atoms with Crippen LogP contribution in [0, 0.1) is 10.1 Å². The first-order valence-corrected chi connectivity index (χ1v) is 5.45. The molecule has 1 atom stereocenters. The van der Waals surface area contributed by atoms with Gasteiger partial charge in [0, 0.05) is 11.3 Å². The SMILES string of the molecule is COC(=O)CCC(CC1(C)OCCO1)[N+](=O)[O-]. The molecular weight excluding hydrogens is 230 g/mol. The Labute approximate surface area is 99.2 Å². The summed E-state index contributed by atoms with van der Waals surface area (Å²) in [6.07, 6.45) is 0.289. The van der Waals surface area contributed by atoms with Gasteiger partial charge in [-0.15, -0.1) is 0 Å². The van der Waals surface area contributed by atoms with E-state index in [2.05, 4.69) is 4.74 Å². The zero-order valence-electron chi connectivity index (χ0n) is 10.0. The van der Waals surface area contributed by atoms with Crippen molar-refractivity contribution in [3.63, 3.8) is 0 Å². The van der Waals surface area contributed by atoms with Gasteiger partial charge in [-0.05, 0) is 6.92 Å². The van der Waals surface area contributed by atoms with E-state index in [0.29, 0.717) is 13.2 Å². The third-order valence-electron chi connectivity index (χ3n) is 2.71. The maximum atomic E-state index is 10.9. The van der Waals surface area contributed by atoms with Crippen molar-refractivity contribution in [3.05, 3.63) is 10.1 Å². The number of esters is 1. The molecule has 98 valence electrons. The third-order valence-corrected chi connectivity index (χ3v) is 2.71. The molecule has 0 aromatic heterocycles. The van der Waals surface area contributed by atoms with Crippen molar-refractivity contribution in [2.75, 3.05) is 20.3 Å². The van der Waals surface area contributed by atoms with Crippen LogP contribution in [0.4, 0.5) is 0 Å². The molecule has 7 nitrogen and oxygen atoms in total. The summed E-state index contributed by atoms with van der Waals surface area (Å²) in [5.74, 6) is -1.36. The molecule has 0 aromatic carbocycles. The minimum atomic E-state index is -0.909. The van der Waals surface area contributed by atoms with E-state index in [4.69, 9.17) is 9.47 Å². The lowest BCUT2D eigenvalue weighted by Gasteiger charge is -2.23. The Morgan fingerprint density at radius 3 is 2.59 bits per heavy atom. The lowest BCUT2D eigenvalue weighted by Crippen LogP contribution is -2.35. The molecule has 1 rings (SSSR count). The molecule has 17 heavy (non-hydrogen) atoms. The summed E-state index contributed by atoms with van der Waals surface area (Å²) in [7, 11) is 1.26. The second-order valence-electron chi connectivity index (χ2n) is 4.09. The van der Waals surface area contributed by atoms with Crippen LogP contribution < -0.4 is 0 Å². The lowest BCUT2D eigenvalue weighted by molar-refractivity contribution is -0.530. The Morgan fingerprint density at radius 1 is 1.53 bits per heavy atom. The van der Waals surface area contributed by atoms with Crippen molar-refractivity contribution < 1.29 is 23.9 Å². The molecular formula is C10H17NO6. The van der Waals surface area contributed by atoms with Crippen LogP contribution in [0.15, 0.2) is 0 Å². The van der Waals surface area contributed by atoms with Gasteiger partial charge in [-0.25, -0.2) is 0 Å². The minimum Gasteiger partial charge on any atom is -0.469 e. The van der Waals surface area contributed by atoms with Gasteiger partial charge in [-0.2, -0.15) is 0 Å². The summed E-state index contributed by atoms with van der Waals surface area (Å²) in [6, 6.07) is -0.864. The smallest absolute Gasteiger partial charge is 0.305 e. The van der Waals surface area contributed by atoms with Crippen LogP contribution in [-0.4, -0.2) is 43.0 Å². The van der Waals surface area contributed by atoms with E-state index in [1.54, 1.807) is 6.92 Å². The van der Waals surface area contributed by atoms with Crippen molar-refractivity contribution in [2.45, 2.75) is 38.0 Å². The Balaban J connectivity index is 2.48. The fourth-order valence-electron chi connectivity index (χ4n) is 1.77. The van der Waals surface area contributed by atoms with Crippen LogP contribution in [0.2, 0.25) is 0 Å². The van der Waals surface area contributed by atoms with Crippen LogP contribution in [0.3, 0.4) is 0 Å². The first kappa shape index (κ1) is 13.9. The molecule has 0 saturated carbocycles. The molecule has 1 aliphatic rings. The number of hydrogen-bond donors (Lipinski definition) is 0. The Kier molecular flexibility index (Phi) is 4.83. The highest BCUT2D eigenvalue weighted by Gasteiger charge is 2.38. The van der Waals surface area contributed by atoms with Crippen molar-refractivity contribution in [3.8, 4) is 0 Å². The van der Waals surface area contributed by atoms with E-state index in [0.717, 1.165) is 0 Å². The molecule has 1 unspecified atom stereocenters. The second-order valence-corrected chi connectivity index (χ2v) is 4.09. The Hall–Kier alpha value is -1.21. The summed E-state index contributed by atoms with van der Waals surface area (Å²) in [4.78, 5) is 21.4. The number of nitro groups is 1. The Bertz CT molecular complexity index is 287. The van der Waals surface area contributed by atoms with Crippen LogP contribution >= 0.6 is 0 Å². The van der Waals surface area contributed by atoms with E-state index >= 15 is 0 Å². The fraction of sp³-hybridized carbons (Fsp3) is 0.900. The second kappa shape index (κ2) is 5.92. The summed E-state index contributed by atoms with van der Waals surface area (Å²) in [6.45, 7) is 2.56. The van der Waals surface area contributed by atoms with Crippen LogP contribution in [0.25, 0.3) is 0 Å². The summed E-state index contributed by atoms with van der Waals surface area (Å²) < 4.78 is 15.1. The first-order valence-electron chi connectivity index (χ1n) is 5.45. The standard InChI is InChI=1S/C10H17NO6/c1-10(16-5-6-17-10)7-8(11(13)14)3-4-9(12)15-2/h8H,3-7H2,1-2H3. The molecule has 1 saturated heterocycles. The predicted molar refractivity (Wildman–Crippen MR) is 57.0 cm³/mol. The molecule has 0 amide bonds. The molecule has 0 N–H and O–H groups in total. The molecule has 0 aromatic rings. The molecule has 7 heteroatoms. The van der Waals surface area contributed by atoms with Gasteiger partial charge in [-0.1, -0.05) is 0 Å². The lowest BCUT2D eigenvalue weighted by atomic mass is 10.0. The van der Waals surface area contributed by atoms with Gasteiger partial charge in [0.2, 0.25) is 6.04 Å². The van der Waals surface area contributed by atoms with Gasteiger partial charge in [0.25, 0.3) is 0 Å². The van der Waals surface area contributed by atoms with E-state index < -0.39 is 22.7 Å². The van der Waals surface area contributed by atoms with Crippen LogP contribution in [-0.2, 0) is 19.0 Å². The molecule has 0 bridgehead atoms. The van der Waals surface area contributed by atoms with Gasteiger partial charge < -0.3 is 14.2 Å². The van der Waals surface area contributed by atoms with Crippen LogP contribution in [0.1, 0.15) is 26.2 Å². The predicted octanol–water partition coefficient (Wildman–Crippen LogP) is 0.738. The van der Waals surface area contributed by atoms with Gasteiger partial charge in [0.1, 0.15) is 0 Å². The van der Waals surface area contributed by atoms with E-state index in [1.807, 2.05) is 0 Å². The normalized spacial score (nSPS) is 19.9. The average Bonchev–Trinajstić information content (AvgIpc) is 2.70. The van der Waals surface area contributed by atoms with E-state index in [-0.39, 0.29) is 19.3 Å². The molecule has 0 aliphatic carbocycles. The number of nitrogens with zero attached hydrogens (tertiary/aromatic N) is 1. The van der Waals surface area contributed by atoms with E-state index in [1.165, 1.54) is 7.11 Å². The number of hydrogen-bond acceptors (Lipinski definition) is 6. The highest BCUT2D eigenvalue weighted by Crippen LogP contribution is 2.26. The number of carbonyl (C=O) groups excluding carboxylic acids is 1. The number of methoxy groups -OCH3 is 1. The van der Waals surface area contributed by atoms with Gasteiger partial charge in [0.05, 0.1) is 33.2 Å². The monoisotopic (exact) mass is 247 g/mol. The first-order chi connectivity index (χ1) is 7.97. The highest BCUT2D eigenvalue weighted by atomic mass is 16.7. The maximum Gasteiger partial charge on any atom is 0.305 e. The molecule has 1 heterocycles. The molecule has 0 radical (unpaired) electrons. The summed E-state index contributed by atoms with van der Waals surface area (Å²) in [5.41, 5.74) is 0. The van der Waals surface area contributed by atoms with Crippen LogP contribution in [0.5, 0.6) is 0 Å². The summed E-state index contributed by atoms with van der Waals surface area (Å²) in [5, 5.41) is 10.9. The van der Waals surface area contributed by atoms with Crippen molar-refractivity contribution in [1.82, 2.24) is 0 Å². The number of rotatable bonds is 6. The highest BCUT2D eigenvalue weighted by molar-refractivity contribution is 5.69. The largest absolute Gasteiger partial charge is 0.469 e. The zero-order chi connectivity index (χ0) is 12.9. The molecule has 1 fully saturated rings. The number of carbonyl (C=O) groups is 1. The van der Waals surface area contributed by atoms with Gasteiger partial charge in [-0.3, -0.25) is 14.9 Å². The Morgan fingerprint density at radius 2 is 2.12 bits per heavy atom. The molecule has 1 aliphatic heterocycles. The van der Waals surface area contributed by atoms with Crippen molar-refractivity contribution in [1.29, 1.82) is 0 Å². The van der Waals surface area contributed by atoms with Crippen molar-refractivity contribution >= 4 is 5.97 Å². The molecule has 0 spiro atoms. The summed E-state index contributed by atoms with van der Waals surface area (Å²) >= 11 is 0. The van der Waals surface area contributed by atoms with E-state index in [9.17, 15) is 14.9 Å². The topological polar surface area (TPSA) is 87.9 Å².